The Bertz CT molecular complexity index is 488. The van der Waals surface area contributed by atoms with E-state index in [1.807, 2.05) is 12.1 Å². The van der Waals surface area contributed by atoms with Crippen LogP contribution >= 0.6 is 0 Å². The number of ether oxygens (including phenoxy) is 2. The van der Waals surface area contributed by atoms with E-state index in [2.05, 4.69) is 5.32 Å². The first kappa shape index (κ1) is 15.8. The molecule has 109 valence electrons. The zero-order valence-corrected chi connectivity index (χ0v) is 11.9. The highest BCUT2D eigenvalue weighted by atomic mass is 16.5. The summed E-state index contributed by atoms with van der Waals surface area (Å²) in [6.07, 6.45) is 0.609. The molecule has 0 spiro atoms. The molecule has 1 rings (SSSR count). The topological polar surface area (TPSA) is 90.6 Å². The maximum absolute atomic E-state index is 11.5. The van der Waals surface area contributed by atoms with E-state index in [-0.39, 0.29) is 5.92 Å². The van der Waals surface area contributed by atoms with Gasteiger partial charge in [-0.2, -0.15) is 0 Å². The fourth-order valence-electron chi connectivity index (χ4n) is 1.60. The maximum atomic E-state index is 11.5. The van der Waals surface area contributed by atoms with E-state index in [0.29, 0.717) is 24.5 Å². The molecule has 1 radical (unpaired) electrons. The molecule has 0 aliphatic heterocycles. The van der Waals surface area contributed by atoms with Gasteiger partial charge >= 0.3 is 0 Å². The van der Waals surface area contributed by atoms with Crippen LogP contribution in [-0.2, 0) is 16.0 Å². The Balaban J connectivity index is 2.54. The molecule has 0 unspecified atom stereocenters. The SMILES string of the molecule is COc1ccc(CCNC(=O)[C](C)C(N)=O)cc1OC. The second-order valence-electron chi connectivity index (χ2n) is 4.18. The van der Waals surface area contributed by atoms with Crippen LogP contribution in [0.4, 0.5) is 0 Å². The standard InChI is InChI=1S/C14H19N2O4/c1-9(13(15)17)14(18)16-7-6-10-4-5-11(19-2)12(8-10)20-3/h4-5,8H,6-7H2,1-3H3,(H2,15,17)(H,16,18). The summed E-state index contributed by atoms with van der Waals surface area (Å²) < 4.78 is 10.3. The lowest BCUT2D eigenvalue weighted by molar-refractivity contribution is -0.124. The van der Waals surface area contributed by atoms with Gasteiger partial charge in [0.25, 0.3) is 0 Å². The molecule has 6 heteroatoms. The van der Waals surface area contributed by atoms with E-state index in [9.17, 15) is 9.59 Å². The number of primary amides is 1. The number of amides is 2. The molecule has 0 heterocycles. The lowest BCUT2D eigenvalue weighted by atomic mass is 10.1. The van der Waals surface area contributed by atoms with Crippen molar-refractivity contribution in [3.05, 3.63) is 29.7 Å². The average Bonchev–Trinajstić information content (AvgIpc) is 2.45. The lowest BCUT2D eigenvalue weighted by Gasteiger charge is -2.11. The third-order valence-electron chi connectivity index (χ3n) is 2.86. The minimum Gasteiger partial charge on any atom is -0.493 e. The zero-order chi connectivity index (χ0) is 15.1. The number of carbonyl (C=O) groups excluding carboxylic acids is 2. The summed E-state index contributed by atoms with van der Waals surface area (Å²) in [5.41, 5.74) is 6.01. The van der Waals surface area contributed by atoms with Gasteiger partial charge in [-0.15, -0.1) is 0 Å². The molecule has 0 atom stereocenters. The molecule has 20 heavy (non-hydrogen) atoms. The summed E-state index contributed by atoms with van der Waals surface area (Å²) >= 11 is 0. The van der Waals surface area contributed by atoms with Crippen LogP contribution in [0.25, 0.3) is 0 Å². The number of rotatable bonds is 7. The summed E-state index contributed by atoms with van der Waals surface area (Å²) in [6.45, 7) is 1.80. The third kappa shape index (κ3) is 4.15. The van der Waals surface area contributed by atoms with Gasteiger partial charge in [-0.3, -0.25) is 9.59 Å². The first-order valence-electron chi connectivity index (χ1n) is 6.12. The molecule has 0 saturated carbocycles. The summed E-state index contributed by atoms with van der Waals surface area (Å²) in [5, 5.41) is 2.63. The van der Waals surface area contributed by atoms with Crippen molar-refractivity contribution in [3.63, 3.8) is 0 Å². The van der Waals surface area contributed by atoms with Crippen LogP contribution in [0.5, 0.6) is 11.5 Å². The van der Waals surface area contributed by atoms with Crippen molar-refractivity contribution in [2.45, 2.75) is 13.3 Å². The highest BCUT2D eigenvalue weighted by Gasteiger charge is 2.18. The van der Waals surface area contributed by atoms with Gasteiger partial charge in [0.1, 0.15) is 5.92 Å². The third-order valence-corrected chi connectivity index (χ3v) is 2.86. The smallest absolute Gasteiger partial charge is 0.237 e. The van der Waals surface area contributed by atoms with Gasteiger partial charge in [-0.05, 0) is 31.0 Å². The molecule has 0 aliphatic rings. The van der Waals surface area contributed by atoms with E-state index >= 15 is 0 Å². The van der Waals surface area contributed by atoms with Crippen molar-refractivity contribution in [1.82, 2.24) is 5.32 Å². The van der Waals surface area contributed by atoms with Crippen molar-refractivity contribution in [3.8, 4) is 11.5 Å². The Hall–Kier alpha value is -2.24. The predicted molar refractivity (Wildman–Crippen MR) is 74.4 cm³/mol. The summed E-state index contributed by atoms with van der Waals surface area (Å²) in [6, 6.07) is 5.53. The van der Waals surface area contributed by atoms with Crippen molar-refractivity contribution in [1.29, 1.82) is 0 Å². The van der Waals surface area contributed by atoms with E-state index in [4.69, 9.17) is 15.2 Å². The molecule has 0 saturated heterocycles. The number of benzene rings is 1. The maximum Gasteiger partial charge on any atom is 0.237 e. The van der Waals surface area contributed by atoms with Gasteiger partial charge in [-0.25, -0.2) is 0 Å². The van der Waals surface area contributed by atoms with Crippen LogP contribution < -0.4 is 20.5 Å². The van der Waals surface area contributed by atoms with Crippen molar-refractivity contribution in [2.24, 2.45) is 5.73 Å². The molecule has 0 aliphatic carbocycles. The molecule has 0 aromatic heterocycles. The van der Waals surface area contributed by atoms with Crippen molar-refractivity contribution in [2.75, 3.05) is 20.8 Å². The van der Waals surface area contributed by atoms with Gasteiger partial charge in [0, 0.05) is 6.54 Å². The molecular formula is C14H19N2O4. The van der Waals surface area contributed by atoms with Crippen LogP contribution in [0.1, 0.15) is 12.5 Å². The fourth-order valence-corrected chi connectivity index (χ4v) is 1.60. The van der Waals surface area contributed by atoms with Crippen LogP contribution in [-0.4, -0.2) is 32.6 Å². The number of hydrogen-bond donors (Lipinski definition) is 2. The van der Waals surface area contributed by atoms with E-state index in [1.54, 1.807) is 20.3 Å². The lowest BCUT2D eigenvalue weighted by Crippen LogP contribution is -2.36. The quantitative estimate of drug-likeness (QED) is 0.709. The highest BCUT2D eigenvalue weighted by molar-refractivity contribution is 6.13. The second kappa shape index (κ2) is 7.37. The number of methoxy groups -OCH3 is 2. The minimum atomic E-state index is -0.714. The Morgan fingerprint density at radius 1 is 1.20 bits per heavy atom. The first-order valence-corrected chi connectivity index (χ1v) is 6.12. The van der Waals surface area contributed by atoms with Gasteiger partial charge in [0.15, 0.2) is 11.5 Å². The summed E-state index contributed by atoms with van der Waals surface area (Å²) in [7, 11) is 3.13. The molecule has 0 bridgehead atoms. The Morgan fingerprint density at radius 2 is 1.85 bits per heavy atom. The fraction of sp³-hybridized carbons (Fsp3) is 0.357. The molecule has 6 nitrogen and oxygen atoms in total. The monoisotopic (exact) mass is 279 g/mol. The van der Waals surface area contributed by atoms with Crippen LogP contribution in [0, 0.1) is 5.92 Å². The molecule has 0 fully saturated rings. The van der Waals surface area contributed by atoms with Crippen LogP contribution in [0.3, 0.4) is 0 Å². The first-order chi connectivity index (χ1) is 9.49. The van der Waals surface area contributed by atoms with Gasteiger partial charge in [0.2, 0.25) is 11.8 Å². The number of nitrogens with one attached hydrogen (secondary N) is 1. The van der Waals surface area contributed by atoms with Crippen molar-refractivity contribution < 1.29 is 19.1 Å². The number of hydrogen-bond acceptors (Lipinski definition) is 4. The van der Waals surface area contributed by atoms with Crippen molar-refractivity contribution >= 4 is 11.8 Å². The van der Waals surface area contributed by atoms with E-state index in [1.165, 1.54) is 6.92 Å². The van der Waals surface area contributed by atoms with Gasteiger partial charge < -0.3 is 20.5 Å². The van der Waals surface area contributed by atoms with Gasteiger partial charge in [0.05, 0.1) is 14.2 Å². The molecule has 3 N–H and O–H groups in total. The summed E-state index contributed by atoms with van der Waals surface area (Å²) in [4.78, 5) is 22.3. The van der Waals surface area contributed by atoms with Crippen LogP contribution in [0.2, 0.25) is 0 Å². The molecule has 2 amide bonds. The average molecular weight is 279 g/mol. The van der Waals surface area contributed by atoms with Crippen LogP contribution in [0.15, 0.2) is 18.2 Å². The Morgan fingerprint density at radius 3 is 2.40 bits per heavy atom. The molecule has 1 aromatic carbocycles. The Kier molecular flexibility index (Phi) is 5.83. The summed E-state index contributed by atoms with van der Waals surface area (Å²) in [5.74, 6) is 0.123. The Labute approximate surface area is 118 Å². The molecular weight excluding hydrogens is 260 g/mol. The number of nitrogens with two attached hydrogens (primary N) is 1. The van der Waals surface area contributed by atoms with E-state index in [0.717, 1.165) is 5.56 Å². The highest BCUT2D eigenvalue weighted by Crippen LogP contribution is 2.27. The number of carbonyl (C=O) groups is 2. The van der Waals surface area contributed by atoms with E-state index < -0.39 is 11.8 Å². The predicted octanol–water partition coefficient (Wildman–Crippen LogP) is 0.442. The molecule has 1 aromatic rings. The zero-order valence-electron chi connectivity index (χ0n) is 11.9. The largest absolute Gasteiger partial charge is 0.493 e. The van der Waals surface area contributed by atoms with Gasteiger partial charge in [-0.1, -0.05) is 6.07 Å². The second-order valence-corrected chi connectivity index (χ2v) is 4.18. The minimum absolute atomic E-state index is 0.00249. The normalized spacial score (nSPS) is 10.2.